The Labute approximate surface area is 139 Å². The van der Waals surface area contributed by atoms with Gasteiger partial charge in [-0.15, -0.1) is 0 Å². The molecule has 0 fully saturated rings. The lowest BCUT2D eigenvalue weighted by molar-refractivity contribution is 0.685. The molecule has 0 spiro atoms. The summed E-state index contributed by atoms with van der Waals surface area (Å²) in [5.41, 5.74) is 6.59. The van der Waals surface area contributed by atoms with Crippen molar-refractivity contribution in [2.24, 2.45) is 0 Å². The molecule has 0 unspecified atom stereocenters. The van der Waals surface area contributed by atoms with E-state index < -0.39 is 0 Å². The summed E-state index contributed by atoms with van der Waals surface area (Å²) in [5, 5.41) is 7.16. The van der Waals surface area contributed by atoms with E-state index in [2.05, 4.69) is 44.3 Å². The van der Waals surface area contributed by atoms with Gasteiger partial charge in [0.1, 0.15) is 0 Å². The number of hydrazine groups is 1. The molecule has 1 rings (SSSR count). The second-order valence-electron chi connectivity index (χ2n) is 4.18. The smallest absolute Gasteiger partial charge is 0.189 e. The molecule has 0 saturated heterocycles. The minimum atomic E-state index is 0.459. The molecule has 110 valence electrons. The number of unbranched alkanes of at least 4 members (excludes halogenated alkanes) is 2. The SMILES string of the molecule is CCCCCNC(=S)NNC(=S)Nc1cccc(Br)c1. The van der Waals surface area contributed by atoms with Gasteiger partial charge >= 0.3 is 0 Å². The number of hydrogen-bond donors (Lipinski definition) is 4. The minimum Gasteiger partial charge on any atom is -0.361 e. The van der Waals surface area contributed by atoms with Crippen molar-refractivity contribution in [3.8, 4) is 0 Å². The van der Waals surface area contributed by atoms with Crippen LogP contribution in [0.3, 0.4) is 0 Å². The predicted molar refractivity (Wildman–Crippen MR) is 96.8 cm³/mol. The molecule has 0 aliphatic heterocycles. The summed E-state index contributed by atoms with van der Waals surface area (Å²) in [4.78, 5) is 0. The van der Waals surface area contributed by atoms with Crippen LogP contribution in [0.5, 0.6) is 0 Å². The largest absolute Gasteiger partial charge is 0.361 e. The van der Waals surface area contributed by atoms with Gasteiger partial charge < -0.3 is 10.6 Å². The van der Waals surface area contributed by atoms with Crippen molar-refractivity contribution in [1.29, 1.82) is 0 Å². The normalized spacial score (nSPS) is 9.70. The first-order chi connectivity index (χ1) is 9.61. The minimum absolute atomic E-state index is 0.459. The van der Waals surface area contributed by atoms with Gasteiger partial charge in [0, 0.05) is 16.7 Å². The first-order valence-electron chi connectivity index (χ1n) is 6.48. The number of hydrogen-bond acceptors (Lipinski definition) is 2. The highest BCUT2D eigenvalue weighted by molar-refractivity contribution is 9.10. The van der Waals surface area contributed by atoms with Crippen molar-refractivity contribution < 1.29 is 0 Å². The molecule has 0 heterocycles. The van der Waals surface area contributed by atoms with Crippen LogP contribution in [0.4, 0.5) is 5.69 Å². The third-order valence-corrected chi connectivity index (χ3v) is 3.38. The van der Waals surface area contributed by atoms with Gasteiger partial charge in [0.2, 0.25) is 0 Å². The molecule has 0 bridgehead atoms. The second-order valence-corrected chi connectivity index (χ2v) is 5.91. The average Bonchev–Trinajstić information content (AvgIpc) is 2.41. The molecule has 0 atom stereocenters. The average molecular weight is 375 g/mol. The standard InChI is InChI=1S/C13H19BrN4S2/c1-2-3-4-8-15-12(19)17-18-13(20)16-11-7-5-6-10(14)9-11/h5-7,9H,2-4,8H2,1H3,(H2,15,17,19)(H2,16,18,20). The molecule has 0 aliphatic rings. The molecular formula is C13H19BrN4S2. The number of benzene rings is 1. The molecule has 0 aliphatic carbocycles. The van der Waals surface area contributed by atoms with Crippen molar-refractivity contribution in [3.63, 3.8) is 0 Å². The second kappa shape index (κ2) is 9.90. The van der Waals surface area contributed by atoms with Crippen LogP contribution in [-0.2, 0) is 0 Å². The van der Waals surface area contributed by atoms with E-state index in [0.717, 1.165) is 23.1 Å². The fourth-order valence-electron chi connectivity index (χ4n) is 1.46. The molecule has 20 heavy (non-hydrogen) atoms. The summed E-state index contributed by atoms with van der Waals surface area (Å²) in [5.74, 6) is 0. The molecule has 1 aromatic rings. The molecule has 1 aromatic carbocycles. The highest BCUT2D eigenvalue weighted by Gasteiger charge is 1.99. The van der Waals surface area contributed by atoms with Crippen LogP contribution in [0.2, 0.25) is 0 Å². The number of halogens is 1. The van der Waals surface area contributed by atoms with E-state index in [4.69, 9.17) is 24.4 Å². The fraction of sp³-hybridized carbons (Fsp3) is 0.385. The van der Waals surface area contributed by atoms with Crippen molar-refractivity contribution in [2.75, 3.05) is 11.9 Å². The van der Waals surface area contributed by atoms with Gasteiger partial charge in [-0.2, -0.15) is 0 Å². The van der Waals surface area contributed by atoms with E-state index in [1.54, 1.807) is 0 Å². The van der Waals surface area contributed by atoms with Gasteiger partial charge in [0.25, 0.3) is 0 Å². The highest BCUT2D eigenvalue weighted by Crippen LogP contribution is 2.15. The Morgan fingerprint density at radius 2 is 1.90 bits per heavy atom. The summed E-state index contributed by atoms with van der Waals surface area (Å²) in [7, 11) is 0. The van der Waals surface area contributed by atoms with Gasteiger partial charge in [-0.25, -0.2) is 0 Å². The van der Waals surface area contributed by atoms with Crippen molar-refractivity contribution in [2.45, 2.75) is 26.2 Å². The van der Waals surface area contributed by atoms with E-state index in [-0.39, 0.29) is 0 Å². The Morgan fingerprint density at radius 3 is 2.60 bits per heavy atom. The van der Waals surface area contributed by atoms with E-state index in [1.807, 2.05) is 24.3 Å². The van der Waals surface area contributed by atoms with Crippen molar-refractivity contribution in [1.82, 2.24) is 16.2 Å². The van der Waals surface area contributed by atoms with Crippen LogP contribution >= 0.6 is 40.4 Å². The predicted octanol–water partition coefficient (Wildman–Crippen LogP) is 3.30. The van der Waals surface area contributed by atoms with Crippen molar-refractivity contribution in [3.05, 3.63) is 28.7 Å². The maximum absolute atomic E-state index is 5.16. The monoisotopic (exact) mass is 374 g/mol. The summed E-state index contributed by atoms with van der Waals surface area (Å²) in [6.45, 7) is 3.04. The van der Waals surface area contributed by atoms with E-state index in [1.165, 1.54) is 12.8 Å². The Morgan fingerprint density at radius 1 is 1.15 bits per heavy atom. The Hall–Kier alpha value is -0.920. The van der Waals surface area contributed by atoms with Crippen LogP contribution in [0, 0.1) is 0 Å². The van der Waals surface area contributed by atoms with Gasteiger partial charge in [-0.3, -0.25) is 10.9 Å². The molecule has 0 amide bonds. The Balaban J connectivity index is 2.21. The summed E-state index contributed by atoms with van der Waals surface area (Å²) >= 11 is 13.7. The molecule has 4 N–H and O–H groups in total. The third kappa shape index (κ3) is 7.62. The molecule has 0 radical (unpaired) electrons. The van der Waals surface area contributed by atoms with E-state index in [9.17, 15) is 0 Å². The van der Waals surface area contributed by atoms with Crippen LogP contribution in [0.1, 0.15) is 26.2 Å². The van der Waals surface area contributed by atoms with Crippen LogP contribution < -0.4 is 21.5 Å². The first-order valence-corrected chi connectivity index (χ1v) is 8.09. The third-order valence-electron chi connectivity index (χ3n) is 2.44. The summed E-state index contributed by atoms with van der Waals surface area (Å²) in [6, 6.07) is 7.76. The molecule has 0 saturated carbocycles. The number of thiocarbonyl (C=S) groups is 2. The maximum Gasteiger partial charge on any atom is 0.189 e. The summed E-state index contributed by atoms with van der Waals surface area (Å²) < 4.78 is 0.992. The fourth-order valence-corrected chi connectivity index (χ4v) is 2.18. The zero-order valence-electron chi connectivity index (χ0n) is 11.3. The van der Waals surface area contributed by atoms with Gasteiger partial charge in [0.15, 0.2) is 10.2 Å². The lowest BCUT2D eigenvalue weighted by atomic mass is 10.2. The highest BCUT2D eigenvalue weighted by atomic mass is 79.9. The van der Waals surface area contributed by atoms with E-state index >= 15 is 0 Å². The first kappa shape index (κ1) is 17.1. The van der Waals surface area contributed by atoms with Gasteiger partial charge in [0.05, 0.1) is 0 Å². The number of rotatable bonds is 5. The zero-order valence-corrected chi connectivity index (χ0v) is 14.6. The lowest BCUT2D eigenvalue weighted by Gasteiger charge is -2.14. The van der Waals surface area contributed by atoms with Gasteiger partial charge in [-0.1, -0.05) is 41.8 Å². The Kier molecular flexibility index (Phi) is 8.48. The van der Waals surface area contributed by atoms with Crippen LogP contribution in [0.15, 0.2) is 28.7 Å². The summed E-state index contributed by atoms with van der Waals surface area (Å²) in [6.07, 6.45) is 3.51. The van der Waals surface area contributed by atoms with Crippen LogP contribution in [-0.4, -0.2) is 16.8 Å². The van der Waals surface area contributed by atoms with Crippen molar-refractivity contribution >= 4 is 56.3 Å². The van der Waals surface area contributed by atoms with E-state index in [0.29, 0.717) is 10.2 Å². The molecular weight excluding hydrogens is 356 g/mol. The zero-order chi connectivity index (χ0) is 14.8. The maximum atomic E-state index is 5.16. The number of anilines is 1. The van der Waals surface area contributed by atoms with Gasteiger partial charge in [-0.05, 0) is 49.1 Å². The number of nitrogens with one attached hydrogen (secondary N) is 4. The quantitative estimate of drug-likeness (QED) is 0.360. The lowest BCUT2D eigenvalue weighted by Crippen LogP contribution is -2.48. The van der Waals surface area contributed by atoms with Crippen LogP contribution in [0.25, 0.3) is 0 Å². The Bertz CT molecular complexity index is 454. The topological polar surface area (TPSA) is 48.1 Å². The molecule has 4 nitrogen and oxygen atoms in total. The molecule has 0 aromatic heterocycles. The molecule has 7 heteroatoms.